The van der Waals surface area contributed by atoms with E-state index < -0.39 is 10.0 Å². The Morgan fingerprint density at radius 3 is 2.33 bits per heavy atom. The molecule has 7 heteroatoms. The Morgan fingerprint density at radius 2 is 1.70 bits per heavy atom. The summed E-state index contributed by atoms with van der Waals surface area (Å²) in [6.07, 6.45) is 1.39. The zero-order chi connectivity index (χ0) is 19.3. The van der Waals surface area contributed by atoms with Gasteiger partial charge in [0.25, 0.3) is 0 Å². The summed E-state index contributed by atoms with van der Waals surface area (Å²) in [5, 5.41) is 0. The normalized spacial score (nSPS) is 16.2. The van der Waals surface area contributed by atoms with Crippen molar-refractivity contribution in [2.75, 3.05) is 27.3 Å². The molecule has 3 rings (SSSR count). The molecular formula is C20H25NO5S. The molecule has 1 aliphatic rings. The van der Waals surface area contributed by atoms with Crippen molar-refractivity contribution < 1.29 is 22.6 Å². The lowest BCUT2D eigenvalue weighted by Crippen LogP contribution is -2.40. The summed E-state index contributed by atoms with van der Waals surface area (Å²) in [5.41, 5.74) is 1.12. The average molecular weight is 391 g/mol. The molecule has 0 spiro atoms. The first-order valence-corrected chi connectivity index (χ1v) is 10.4. The molecule has 0 aliphatic carbocycles. The second kappa shape index (κ2) is 8.73. The third-order valence-corrected chi connectivity index (χ3v) is 6.64. The van der Waals surface area contributed by atoms with E-state index in [9.17, 15) is 8.42 Å². The molecule has 1 fully saturated rings. The second-order valence-electron chi connectivity index (χ2n) is 6.42. The fourth-order valence-corrected chi connectivity index (χ4v) is 4.79. The van der Waals surface area contributed by atoms with Crippen LogP contribution in [-0.4, -0.2) is 46.1 Å². The Morgan fingerprint density at radius 1 is 1.00 bits per heavy atom. The summed E-state index contributed by atoms with van der Waals surface area (Å²) in [4.78, 5) is 0.132. The first-order chi connectivity index (χ1) is 13.0. The molecule has 6 nitrogen and oxygen atoms in total. The van der Waals surface area contributed by atoms with Crippen molar-refractivity contribution in [3.63, 3.8) is 0 Å². The topological polar surface area (TPSA) is 65.1 Å². The molecule has 2 aromatic carbocycles. The number of piperidine rings is 1. The van der Waals surface area contributed by atoms with Crippen LogP contribution in [0, 0.1) is 0 Å². The number of hydrogen-bond donors (Lipinski definition) is 0. The molecule has 146 valence electrons. The minimum Gasteiger partial charge on any atom is -0.497 e. The number of rotatable bonds is 7. The van der Waals surface area contributed by atoms with E-state index in [0.717, 1.165) is 5.56 Å². The van der Waals surface area contributed by atoms with E-state index in [4.69, 9.17) is 14.2 Å². The largest absolute Gasteiger partial charge is 0.497 e. The Bertz CT molecular complexity index is 846. The molecule has 0 radical (unpaired) electrons. The van der Waals surface area contributed by atoms with Crippen LogP contribution in [0.3, 0.4) is 0 Å². The standard InChI is InChI=1S/C20H25NO5S/c1-24-18-8-9-19(25-2)20(14-18)27(22,23)21-12-10-17(11-13-21)26-15-16-6-4-3-5-7-16/h3-9,14,17H,10-13,15H2,1-2H3. The molecule has 0 aromatic heterocycles. The molecular weight excluding hydrogens is 366 g/mol. The quantitative estimate of drug-likeness (QED) is 0.726. The number of nitrogens with zero attached hydrogens (tertiary/aromatic N) is 1. The van der Waals surface area contributed by atoms with Gasteiger partial charge in [-0.15, -0.1) is 0 Å². The Hall–Kier alpha value is -2.09. The molecule has 1 heterocycles. The van der Waals surface area contributed by atoms with E-state index in [1.807, 2.05) is 30.3 Å². The Labute approximate surface area is 160 Å². The van der Waals surface area contributed by atoms with Gasteiger partial charge in [-0.05, 0) is 30.5 Å². The van der Waals surface area contributed by atoms with E-state index in [1.165, 1.54) is 24.6 Å². The molecule has 0 bridgehead atoms. The van der Waals surface area contributed by atoms with Gasteiger partial charge in [0.2, 0.25) is 10.0 Å². The number of ether oxygens (including phenoxy) is 3. The first-order valence-electron chi connectivity index (χ1n) is 8.92. The Kier molecular flexibility index (Phi) is 6.36. The van der Waals surface area contributed by atoms with Crippen LogP contribution in [-0.2, 0) is 21.4 Å². The maximum absolute atomic E-state index is 13.1. The second-order valence-corrected chi connectivity index (χ2v) is 8.32. The average Bonchev–Trinajstić information content (AvgIpc) is 2.72. The van der Waals surface area contributed by atoms with Crippen molar-refractivity contribution in [3.8, 4) is 11.5 Å². The van der Waals surface area contributed by atoms with Gasteiger partial charge in [0, 0.05) is 19.2 Å². The van der Waals surface area contributed by atoms with E-state index >= 15 is 0 Å². The fraction of sp³-hybridized carbons (Fsp3) is 0.400. The van der Waals surface area contributed by atoms with E-state index in [2.05, 4.69) is 0 Å². The number of methoxy groups -OCH3 is 2. The SMILES string of the molecule is COc1ccc(OC)c(S(=O)(=O)N2CCC(OCc3ccccc3)CC2)c1. The van der Waals surface area contributed by atoms with Crippen molar-refractivity contribution in [1.29, 1.82) is 0 Å². The zero-order valence-corrected chi connectivity index (χ0v) is 16.4. The van der Waals surface area contributed by atoms with Crippen LogP contribution in [0.2, 0.25) is 0 Å². The summed E-state index contributed by atoms with van der Waals surface area (Å²) in [7, 11) is -0.685. The number of sulfonamides is 1. The predicted molar refractivity (Wildman–Crippen MR) is 103 cm³/mol. The van der Waals surface area contributed by atoms with Gasteiger partial charge in [-0.2, -0.15) is 4.31 Å². The van der Waals surface area contributed by atoms with Crippen LogP contribution in [0.25, 0.3) is 0 Å². The smallest absolute Gasteiger partial charge is 0.246 e. The monoisotopic (exact) mass is 391 g/mol. The van der Waals surface area contributed by atoms with Gasteiger partial charge >= 0.3 is 0 Å². The minimum absolute atomic E-state index is 0.0591. The maximum atomic E-state index is 13.1. The number of hydrogen-bond acceptors (Lipinski definition) is 5. The summed E-state index contributed by atoms with van der Waals surface area (Å²) < 4.78 is 44.0. The lowest BCUT2D eigenvalue weighted by atomic mass is 10.1. The van der Waals surface area contributed by atoms with Crippen molar-refractivity contribution in [2.45, 2.75) is 30.4 Å². The summed E-state index contributed by atoms with van der Waals surface area (Å²) in [6, 6.07) is 14.8. The van der Waals surface area contributed by atoms with E-state index in [0.29, 0.717) is 44.0 Å². The van der Waals surface area contributed by atoms with Crippen molar-refractivity contribution >= 4 is 10.0 Å². The molecule has 2 aromatic rings. The summed E-state index contributed by atoms with van der Waals surface area (Å²) in [5.74, 6) is 0.800. The van der Waals surface area contributed by atoms with Crippen LogP contribution >= 0.6 is 0 Å². The van der Waals surface area contributed by atoms with Crippen LogP contribution in [0.15, 0.2) is 53.4 Å². The van der Waals surface area contributed by atoms with Crippen LogP contribution < -0.4 is 9.47 Å². The lowest BCUT2D eigenvalue weighted by Gasteiger charge is -2.31. The Balaban J connectivity index is 1.64. The molecule has 0 N–H and O–H groups in total. The molecule has 1 saturated heterocycles. The predicted octanol–water partition coefficient (Wildman–Crippen LogP) is 3.07. The highest BCUT2D eigenvalue weighted by molar-refractivity contribution is 7.89. The van der Waals surface area contributed by atoms with E-state index in [1.54, 1.807) is 12.1 Å². The van der Waals surface area contributed by atoms with Crippen LogP contribution in [0.4, 0.5) is 0 Å². The van der Waals surface area contributed by atoms with Crippen LogP contribution in [0.1, 0.15) is 18.4 Å². The van der Waals surface area contributed by atoms with Gasteiger partial charge in [0.15, 0.2) is 0 Å². The number of benzene rings is 2. The third kappa shape index (κ3) is 4.61. The van der Waals surface area contributed by atoms with E-state index in [-0.39, 0.29) is 11.0 Å². The zero-order valence-electron chi connectivity index (χ0n) is 15.6. The van der Waals surface area contributed by atoms with Gasteiger partial charge in [0.05, 0.1) is 26.9 Å². The highest BCUT2D eigenvalue weighted by Gasteiger charge is 2.32. The first kappa shape index (κ1) is 19.7. The van der Waals surface area contributed by atoms with Crippen molar-refractivity contribution in [2.24, 2.45) is 0 Å². The molecule has 0 atom stereocenters. The molecule has 0 saturated carbocycles. The minimum atomic E-state index is -3.66. The molecule has 0 amide bonds. The van der Waals surface area contributed by atoms with Crippen molar-refractivity contribution in [3.05, 3.63) is 54.1 Å². The third-order valence-electron chi connectivity index (χ3n) is 4.72. The highest BCUT2D eigenvalue weighted by Crippen LogP contribution is 2.32. The fourth-order valence-electron chi connectivity index (χ4n) is 3.15. The van der Waals surface area contributed by atoms with Gasteiger partial charge < -0.3 is 14.2 Å². The molecule has 1 aliphatic heterocycles. The lowest BCUT2D eigenvalue weighted by molar-refractivity contribution is 0.0102. The van der Waals surface area contributed by atoms with Gasteiger partial charge in [-0.25, -0.2) is 8.42 Å². The van der Waals surface area contributed by atoms with Crippen molar-refractivity contribution in [1.82, 2.24) is 4.31 Å². The van der Waals surface area contributed by atoms with Gasteiger partial charge in [-0.1, -0.05) is 30.3 Å². The van der Waals surface area contributed by atoms with Gasteiger partial charge in [0.1, 0.15) is 16.4 Å². The van der Waals surface area contributed by atoms with Gasteiger partial charge in [-0.3, -0.25) is 0 Å². The molecule has 0 unspecified atom stereocenters. The summed E-state index contributed by atoms with van der Waals surface area (Å²) in [6.45, 7) is 1.38. The maximum Gasteiger partial charge on any atom is 0.246 e. The molecule has 27 heavy (non-hydrogen) atoms. The highest BCUT2D eigenvalue weighted by atomic mass is 32.2. The summed E-state index contributed by atoms with van der Waals surface area (Å²) >= 11 is 0. The van der Waals surface area contributed by atoms with Crippen LogP contribution in [0.5, 0.6) is 11.5 Å².